The van der Waals surface area contributed by atoms with Gasteiger partial charge in [-0.2, -0.15) is 0 Å². The summed E-state index contributed by atoms with van der Waals surface area (Å²) in [4.78, 5) is 85.1. The maximum atomic E-state index is 12.7. The number of nitrogens with zero attached hydrogens (tertiary/aromatic N) is 3. The molecule has 117 heavy (non-hydrogen) atoms. The molecule has 0 bridgehead atoms. The fourth-order valence-electron chi connectivity index (χ4n) is 14.8. The predicted molar refractivity (Wildman–Crippen MR) is 456 cm³/mol. The van der Waals surface area contributed by atoms with Crippen molar-refractivity contribution in [3.05, 3.63) is 155 Å². The number of hydrogen-bond donors (Lipinski definition) is 12. The summed E-state index contributed by atoms with van der Waals surface area (Å²) in [6.45, 7) is 10.3. The van der Waals surface area contributed by atoms with Crippen LogP contribution in [-0.4, -0.2) is 190 Å². The van der Waals surface area contributed by atoms with E-state index in [0.717, 1.165) is 202 Å². The van der Waals surface area contributed by atoms with Gasteiger partial charge in [-0.05, 0) is 205 Å². The van der Waals surface area contributed by atoms with Gasteiger partial charge in [-0.15, -0.1) is 34.0 Å². The Bertz CT molecular complexity index is 3510. The van der Waals surface area contributed by atoms with E-state index in [1.54, 1.807) is 39.0 Å². The van der Waals surface area contributed by atoms with Crippen LogP contribution in [0.3, 0.4) is 0 Å². The van der Waals surface area contributed by atoms with Crippen molar-refractivity contribution in [2.24, 2.45) is 0 Å². The molecule has 0 saturated carbocycles. The van der Waals surface area contributed by atoms with E-state index in [4.69, 9.17) is 14.2 Å². The van der Waals surface area contributed by atoms with Crippen molar-refractivity contribution in [2.45, 2.75) is 326 Å². The molecular formula is C90H129N3O21S3. The van der Waals surface area contributed by atoms with Crippen molar-refractivity contribution in [2.75, 3.05) is 34.5 Å². The number of carbonyl (C=O) groups is 6. The van der Waals surface area contributed by atoms with Crippen LogP contribution < -0.4 is 14.7 Å². The van der Waals surface area contributed by atoms with Crippen LogP contribution in [0.4, 0.5) is 17.1 Å². The number of hydrogen-bond acceptors (Lipinski definition) is 24. The van der Waals surface area contributed by atoms with Crippen molar-refractivity contribution in [1.29, 1.82) is 0 Å². The molecule has 24 nitrogen and oxygen atoms in total. The molecule has 3 aromatic heterocycles. The number of amides is 3. The maximum Gasteiger partial charge on any atom is 0.348 e. The Kier molecular flexibility index (Phi) is 42.4. The van der Waals surface area contributed by atoms with E-state index in [-0.39, 0.29) is 55.1 Å². The van der Waals surface area contributed by atoms with Crippen LogP contribution in [0.1, 0.15) is 294 Å². The lowest BCUT2D eigenvalue weighted by Gasteiger charge is -2.25. The van der Waals surface area contributed by atoms with Crippen LogP contribution in [0.5, 0.6) is 0 Å². The Morgan fingerprint density at radius 3 is 0.821 bits per heavy atom. The number of aryl methyl sites for hydroxylation is 3. The van der Waals surface area contributed by atoms with Crippen molar-refractivity contribution < 1.29 is 104 Å². The van der Waals surface area contributed by atoms with E-state index in [9.17, 15) is 90.0 Å². The second-order valence-electron chi connectivity index (χ2n) is 31.0. The Morgan fingerprint density at radius 1 is 0.342 bits per heavy atom. The third-order valence-corrected chi connectivity index (χ3v) is 25.5. The van der Waals surface area contributed by atoms with E-state index in [1.807, 2.05) is 106 Å². The Labute approximate surface area is 702 Å². The lowest BCUT2D eigenvalue weighted by atomic mass is 10.0. The molecule has 6 aromatic rings. The van der Waals surface area contributed by atoms with Crippen LogP contribution in [-0.2, 0) is 47.9 Å². The minimum Gasteiger partial charge on any atom is -0.459 e. The Balaban J connectivity index is 0.000000242. The van der Waals surface area contributed by atoms with E-state index in [0.29, 0.717) is 33.9 Å². The molecule has 6 heterocycles. The third-order valence-electron chi connectivity index (χ3n) is 22.1. The van der Waals surface area contributed by atoms with Crippen molar-refractivity contribution >= 4 is 86.7 Å². The summed E-state index contributed by atoms with van der Waals surface area (Å²) in [5.41, 5.74) is 5.25. The summed E-state index contributed by atoms with van der Waals surface area (Å²) in [6, 6.07) is 34.2. The average Bonchev–Trinajstić information content (AvgIpc) is 1.71. The zero-order valence-corrected chi connectivity index (χ0v) is 71.4. The molecule has 0 spiro atoms. The quantitative estimate of drug-likeness (QED) is 0.00959. The monoisotopic (exact) mass is 1680 g/mol. The van der Waals surface area contributed by atoms with Crippen LogP contribution in [0.2, 0.25) is 0 Å². The van der Waals surface area contributed by atoms with Gasteiger partial charge in [-0.3, -0.25) is 14.4 Å². The molecule has 0 unspecified atom stereocenters. The van der Waals surface area contributed by atoms with Gasteiger partial charge in [-0.1, -0.05) is 136 Å². The van der Waals surface area contributed by atoms with Gasteiger partial charge in [0.25, 0.3) is 0 Å². The highest BCUT2D eigenvalue weighted by Gasteiger charge is 2.36. The molecule has 15 atom stereocenters. The zero-order chi connectivity index (χ0) is 85.1. The SMILES string of the molecule is CCCCC[C@H](O)c1ccc(N2C(=O)CC[C@@H]2CCCc2ccc(C(=O)OC[C@H](O)[C@@H](O)[C@@H](O)CC)s2)cc1.CCCCC[C@H](O)c1ccc(N2C(=O)CC[C@@H]2CCCc2ccc(C(=O)OC[C@H](O)[C@@H](O)[C@H](O)CC)s2)cc1.CCCCC[C@H](O)c1ccc(N2C(=O)CC[C@@H]2CCCc2ccc(C(=O)OC[C@H](O)[C@H](O)[C@H](O)CC)s2)cc1. The molecule has 3 aromatic carbocycles. The van der Waals surface area contributed by atoms with Crippen LogP contribution in [0, 0.1) is 0 Å². The van der Waals surface area contributed by atoms with Gasteiger partial charge >= 0.3 is 17.9 Å². The number of aliphatic hydroxyl groups is 12. The smallest absolute Gasteiger partial charge is 0.348 e. The number of carbonyl (C=O) groups excluding carboxylic acids is 6. The fourth-order valence-corrected chi connectivity index (χ4v) is 17.7. The Morgan fingerprint density at radius 2 is 0.590 bits per heavy atom. The van der Waals surface area contributed by atoms with Crippen molar-refractivity contribution in [3.8, 4) is 0 Å². The average molecular weight is 1690 g/mol. The standard InChI is InChI=1S/3C30H43NO7S/c3*1-3-5-6-10-25(33)20-11-13-22(14-12-20)31-21(15-18-28(31)35)8-7-9-23-16-17-27(39-23)30(37)38-19-26(34)29(36)24(32)4-2/h3*11-14,16-17,21,24-26,29,32-34,36H,3-10,15,18-19H2,1-2H3/t21-,24+,25-,26-,29+;21-,24+,25-,26-,29-;21-,24-,25-,26-,29-/m000/s1. The van der Waals surface area contributed by atoms with Crippen molar-refractivity contribution in [1.82, 2.24) is 0 Å². The summed E-state index contributed by atoms with van der Waals surface area (Å²) >= 11 is 3.99. The highest BCUT2D eigenvalue weighted by atomic mass is 32.1. The fraction of sp³-hybridized carbons (Fsp3) is 0.600. The second kappa shape index (κ2) is 51.0. The van der Waals surface area contributed by atoms with Gasteiger partial charge < -0.3 is 90.2 Å². The highest BCUT2D eigenvalue weighted by Crippen LogP contribution is 2.37. The molecule has 3 fully saturated rings. The summed E-state index contributed by atoms with van der Waals surface area (Å²) in [5, 5.41) is 119. The number of unbranched alkanes of at least 4 members (excludes halogenated alkanes) is 6. The molecule has 27 heteroatoms. The first kappa shape index (κ1) is 97.2. The summed E-state index contributed by atoms with van der Waals surface area (Å²) in [5.74, 6) is -1.36. The van der Waals surface area contributed by atoms with E-state index in [2.05, 4.69) is 20.8 Å². The zero-order valence-electron chi connectivity index (χ0n) is 69.0. The number of thiophene rings is 3. The summed E-state index contributed by atoms with van der Waals surface area (Å²) in [7, 11) is 0. The van der Waals surface area contributed by atoms with Gasteiger partial charge in [0.15, 0.2) is 0 Å². The second-order valence-corrected chi connectivity index (χ2v) is 34.6. The number of benzene rings is 3. The largest absolute Gasteiger partial charge is 0.459 e. The maximum absolute atomic E-state index is 12.7. The molecule has 9 rings (SSSR count). The third kappa shape index (κ3) is 30.3. The molecule has 3 amide bonds. The summed E-state index contributed by atoms with van der Waals surface area (Å²) in [6.07, 6.45) is 11.3. The number of rotatable bonds is 48. The Hall–Kier alpha value is -6.90. The van der Waals surface area contributed by atoms with Gasteiger partial charge in [0.1, 0.15) is 71.1 Å². The van der Waals surface area contributed by atoms with E-state index < -0.39 is 111 Å². The first-order valence-electron chi connectivity index (χ1n) is 42.4. The molecular weight excluding hydrogens is 1560 g/mol. The number of ether oxygens (including phenoxy) is 3. The molecule has 3 aliphatic heterocycles. The number of anilines is 3. The van der Waals surface area contributed by atoms with Gasteiger partial charge in [0, 0.05) is 69.1 Å². The van der Waals surface area contributed by atoms with Crippen LogP contribution in [0.25, 0.3) is 0 Å². The molecule has 0 aliphatic carbocycles. The predicted octanol–water partition coefficient (Wildman–Crippen LogP) is 13.6. The number of aliphatic hydroxyl groups excluding tert-OH is 12. The van der Waals surface area contributed by atoms with Crippen LogP contribution >= 0.6 is 34.0 Å². The normalized spacial score (nSPS) is 18.7. The molecule has 648 valence electrons. The first-order chi connectivity index (χ1) is 56.2. The van der Waals surface area contributed by atoms with Gasteiger partial charge in [-0.25, -0.2) is 14.4 Å². The van der Waals surface area contributed by atoms with E-state index in [1.165, 1.54) is 34.0 Å². The molecule has 3 saturated heterocycles. The number of esters is 3. The minimum absolute atomic E-state index is 0.119. The van der Waals surface area contributed by atoms with E-state index >= 15 is 0 Å². The molecule has 3 aliphatic rings. The minimum atomic E-state index is -1.37. The first-order valence-corrected chi connectivity index (χ1v) is 44.9. The van der Waals surface area contributed by atoms with Crippen molar-refractivity contribution in [3.63, 3.8) is 0 Å². The lowest BCUT2D eigenvalue weighted by molar-refractivity contribution is -0.118. The molecule has 0 radical (unpaired) electrons. The van der Waals surface area contributed by atoms with Gasteiger partial charge in [0.2, 0.25) is 17.7 Å². The molecule has 12 N–H and O–H groups in total. The highest BCUT2D eigenvalue weighted by molar-refractivity contribution is 7.14. The summed E-state index contributed by atoms with van der Waals surface area (Å²) < 4.78 is 15.4. The van der Waals surface area contributed by atoms with Gasteiger partial charge in [0.05, 0.1) is 36.6 Å². The van der Waals surface area contributed by atoms with Crippen LogP contribution in [0.15, 0.2) is 109 Å². The topological polar surface area (TPSA) is 383 Å². The lowest BCUT2D eigenvalue weighted by Crippen LogP contribution is -2.40.